The van der Waals surface area contributed by atoms with E-state index in [9.17, 15) is 23.1 Å². The number of carboxylic acid groups (broad SMARTS) is 1. The Morgan fingerprint density at radius 3 is 2.31 bits per heavy atom. The normalized spacial score (nSPS) is 23.6. The average molecular weight is 554 g/mol. The predicted molar refractivity (Wildman–Crippen MR) is 138 cm³/mol. The van der Waals surface area contributed by atoms with E-state index in [0.717, 1.165) is 12.8 Å². The molecule has 2 aromatic rings. The fraction of sp³-hybridized carbons (Fsp3) is 0.462. The standard InChI is InChI=1S/C26H29Cl2NO6S/c1-15(2)36(33,34)14-21(16-6-7-16)29-24(17-8-10-19(27)11-9-17)25(18-4-3-5-20(28)12-18)35-22(26(29)32)13-23(30)31/h3-5,8-12,15-16,21-22,24-25H,6-7,13-14H2,1-2H3,(H,30,31)/t21-,22+,24?,25-/m1/s1. The molecule has 1 amide bonds. The molecule has 7 nitrogen and oxygen atoms in total. The highest BCUT2D eigenvalue weighted by Crippen LogP contribution is 2.48. The van der Waals surface area contributed by atoms with Gasteiger partial charge in [0.05, 0.1) is 23.5 Å². The second-order valence-electron chi connectivity index (χ2n) is 9.72. The van der Waals surface area contributed by atoms with E-state index in [1.165, 1.54) is 0 Å². The van der Waals surface area contributed by atoms with Crippen LogP contribution in [0.2, 0.25) is 10.0 Å². The van der Waals surface area contributed by atoms with Crippen LogP contribution in [-0.2, 0) is 24.2 Å². The Balaban J connectivity index is 1.89. The zero-order valence-corrected chi connectivity index (χ0v) is 22.3. The fourth-order valence-electron chi connectivity index (χ4n) is 4.72. The number of nitrogens with zero attached hydrogens (tertiary/aromatic N) is 1. The largest absolute Gasteiger partial charge is 0.481 e. The van der Waals surface area contributed by atoms with Gasteiger partial charge in [-0.2, -0.15) is 0 Å². The molecule has 2 aromatic carbocycles. The molecule has 36 heavy (non-hydrogen) atoms. The molecule has 0 radical (unpaired) electrons. The van der Waals surface area contributed by atoms with Gasteiger partial charge >= 0.3 is 5.97 Å². The van der Waals surface area contributed by atoms with Crippen LogP contribution in [0.1, 0.15) is 56.4 Å². The monoisotopic (exact) mass is 553 g/mol. The van der Waals surface area contributed by atoms with E-state index in [1.807, 2.05) is 6.07 Å². The number of hydrogen-bond donors (Lipinski definition) is 1. The van der Waals surface area contributed by atoms with Crippen LogP contribution >= 0.6 is 23.2 Å². The van der Waals surface area contributed by atoms with E-state index in [-0.39, 0.29) is 11.7 Å². The van der Waals surface area contributed by atoms with Gasteiger partial charge in [-0.15, -0.1) is 0 Å². The highest BCUT2D eigenvalue weighted by Gasteiger charge is 2.51. The van der Waals surface area contributed by atoms with Crippen molar-refractivity contribution < 1.29 is 27.9 Å². The minimum absolute atomic E-state index is 0.000801. The molecule has 4 atom stereocenters. The zero-order chi connectivity index (χ0) is 26.2. The van der Waals surface area contributed by atoms with Crippen molar-refractivity contribution in [3.8, 4) is 0 Å². The molecule has 2 aliphatic rings. The van der Waals surface area contributed by atoms with Gasteiger partial charge in [0, 0.05) is 16.1 Å². The predicted octanol–water partition coefficient (Wildman–Crippen LogP) is 5.08. The molecule has 0 aromatic heterocycles. The molecule has 2 fully saturated rings. The number of carbonyl (C=O) groups excluding carboxylic acids is 1. The molecule has 194 valence electrons. The van der Waals surface area contributed by atoms with Gasteiger partial charge < -0.3 is 14.7 Å². The van der Waals surface area contributed by atoms with Crippen LogP contribution in [0.4, 0.5) is 0 Å². The number of halogens is 2. The quantitative estimate of drug-likeness (QED) is 0.464. The molecule has 1 aliphatic carbocycles. The first-order chi connectivity index (χ1) is 17.0. The van der Waals surface area contributed by atoms with Crippen molar-refractivity contribution in [3.05, 3.63) is 69.7 Å². The maximum absolute atomic E-state index is 13.9. The van der Waals surface area contributed by atoms with Crippen molar-refractivity contribution >= 4 is 44.9 Å². The van der Waals surface area contributed by atoms with Crippen LogP contribution in [0.15, 0.2) is 48.5 Å². The van der Waals surface area contributed by atoms with Gasteiger partial charge in [0.2, 0.25) is 0 Å². The summed E-state index contributed by atoms with van der Waals surface area (Å²) in [5, 5.41) is 9.89. The summed E-state index contributed by atoms with van der Waals surface area (Å²) in [4.78, 5) is 27.1. The SMILES string of the molecule is CC(C)S(=O)(=O)C[C@H](C1CC1)N1C(=O)[C@H](CC(=O)O)O[C@H](c2cccc(Cl)c2)C1c1ccc(Cl)cc1. The molecule has 1 saturated heterocycles. The van der Waals surface area contributed by atoms with Crippen molar-refractivity contribution in [2.45, 2.75) is 62.7 Å². The number of sulfone groups is 1. The molecule has 1 saturated carbocycles. The molecule has 10 heteroatoms. The molecule has 1 unspecified atom stereocenters. The maximum atomic E-state index is 13.9. The summed E-state index contributed by atoms with van der Waals surface area (Å²) < 4.78 is 32.3. The van der Waals surface area contributed by atoms with Crippen LogP contribution in [0.25, 0.3) is 0 Å². The fourth-order valence-corrected chi connectivity index (χ4v) is 6.34. The summed E-state index contributed by atoms with van der Waals surface area (Å²) in [5.74, 6) is -1.90. The van der Waals surface area contributed by atoms with Gasteiger partial charge in [0.1, 0.15) is 12.2 Å². The van der Waals surface area contributed by atoms with Gasteiger partial charge in [0.25, 0.3) is 5.91 Å². The van der Waals surface area contributed by atoms with Crippen LogP contribution < -0.4 is 0 Å². The Morgan fingerprint density at radius 1 is 1.08 bits per heavy atom. The van der Waals surface area contributed by atoms with Crippen LogP contribution in [0, 0.1) is 5.92 Å². The number of hydrogen-bond acceptors (Lipinski definition) is 5. The highest BCUT2D eigenvalue weighted by atomic mass is 35.5. The number of carbonyl (C=O) groups is 2. The Labute approximate surface area is 221 Å². The number of amides is 1. The summed E-state index contributed by atoms with van der Waals surface area (Å²) in [5.41, 5.74) is 1.37. The third-order valence-corrected chi connectivity index (χ3v) is 9.55. The Hall–Kier alpha value is -2.13. The number of benzene rings is 2. The second-order valence-corrected chi connectivity index (χ2v) is 13.2. The smallest absolute Gasteiger partial charge is 0.306 e. The first kappa shape index (κ1) is 26.9. The van der Waals surface area contributed by atoms with Crippen LogP contribution in [0.5, 0.6) is 0 Å². The topological polar surface area (TPSA) is 101 Å². The lowest BCUT2D eigenvalue weighted by Gasteiger charge is -2.48. The van der Waals surface area contributed by atoms with E-state index in [0.29, 0.717) is 21.2 Å². The second kappa shape index (κ2) is 10.7. The lowest BCUT2D eigenvalue weighted by atomic mass is 9.89. The molecule has 1 aliphatic heterocycles. The first-order valence-corrected chi connectivity index (χ1v) is 14.4. The Morgan fingerprint density at radius 2 is 1.75 bits per heavy atom. The first-order valence-electron chi connectivity index (χ1n) is 11.9. The summed E-state index contributed by atoms with van der Waals surface area (Å²) in [6, 6.07) is 12.7. The van der Waals surface area contributed by atoms with Gasteiger partial charge in [-0.05, 0) is 68.0 Å². The van der Waals surface area contributed by atoms with Gasteiger partial charge in [0.15, 0.2) is 9.84 Å². The molecular formula is C26H29Cl2NO6S. The summed E-state index contributed by atoms with van der Waals surface area (Å²) in [6.07, 6.45) is -0.981. The minimum atomic E-state index is -3.51. The molecule has 1 heterocycles. The van der Waals surface area contributed by atoms with Crippen LogP contribution in [-0.4, -0.2) is 53.4 Å². The highest BCUT2D eigenvalue weighted by molar-refractivity contribution is 7.92. The summed E-state index contributed by atoms with van der Waals surface area (Å²) in [6.45, 7) is 3.25. The van der Waals surface area contributed by atoms with Gasteiger partial charge in [-0.3, -0.25) is 9.59 Å². The minimum Gasteiger partial charge on any atom is -0.481 e. The van der Waals surface area contributed by atoms with Gasteiger partial charge in [-0.25, -0.2) is 8.42 Å². The van der Waals surface area contributed by atoms with E-state index in [2.05, 4.69) is 0 Å². The van der Waals surface area contributed by atoms with E-state index < -0.39 is 57.7 Å². The van der Waals surface area contributed by atoms with E-state index >= 15 is 0 Å². The summed E-state index contributed by atoms with van der Waals surface area (Å²) >= 11 is 12.4. The van der Waals surface area contributed by atoms with Crippen molar-refractivity contribution in [2.75, 3.05) is 5.75 Å². The maximum Gasteiger partial charge on any atom is 0.306 e. The number of ether oxygens (including phenoxy) is 1. The zero-order valence-electron chi connectivity index (χ0n) is 20.0. The number of carboxylic acids is 1. The number of aliphatic carboxylic acids is 1. The number of rotatable bonds is 9. The molecule has 1 N–H and O–H groups in total. The van der Waals surface area contributed by atoms with Crippen molar-refractivity contribution in [3.63, 3.8) is 0 Å². The van der Waals surface area contributed by atoms with Crippen molar-refractivity contribution in [2.24, 2.45) is 5.92 Å². The molecule has 4 rings (SSSR count). The molecular weight excluding hydrogens is 525 g/mol. The van der Waals surface area contributed by atoms with Crippen LogP contribution in [0.3, 0.4) is 0 Å². The molecule has 0 bridgehead atoms. The lowest BCUT2D eigenvalue weighted by Crippen LogP contribution is -2.57. The number of morpholine rings is 1. The van der Waals surface area contributed by atoms with Gasteiger partial charge in [-0.1, -0.05) is 47.5 Å². The van der Waals surface area contributed by atoms with Crippen molar-refractivity contribution in [1.29, 1.82) is 0 Å². The van der Waals surface area contributed by atoms with E-state index in [4.69, 9.17) is 27.9 Å². The lowest BCUT2D eigenvalue weighted by molar-refractivity contribution is -0.183. The Bertz CT molecular complexity index is 1230. The summed E-state index contributed by atoms with van der Waals surface area (Å²) in [7, 11) is -3.51. The third kappa shape index (κ3) is 5.88. The van der Waals surface area contributed by atoms with Crippen molar-refractivity contribution in [1.82, 2.24) is 4.90 Å². The molecule has 0 spiro atoms. The third-order valence-electron chi connectivity index (χ3n) is 6.82. The van der Waals surface area contributed by atoms with E-state index in [1.54, 1.807) is 61.2 Å². The Kier molecular flexibility index (Phi) is 8.00. The average Bonchev–Trinajstić information content (AvgIpc) is 3.64.